The van der Waals surface area contributed by atoms with Crippen LogP contribution in [-0.4, -0.2) is 74.7 Å². The molecule has 1 amide bonds. The molecule has 1 saturated heterocycles. The molecule has 5 rings (SSSR count). The number of anilines is 2. The van der Waals surface area contributed by atoms with Gasteiger partial charge in [0.1, 0.15) is 5.75 Å². The molecule has 4 aromatic rings. The number of rotatable bonds is 13. The molecule has 0 aromatic heterocycles. The van der Waals surface area contributed by atoms with Gasteiger partial charge < -0.3 is 14.5 Å². The molecular weight excluding hydrogens is 594 g/mol. The molecular formula is C36H41N7O4. The Kier molecular flexibility index (Phi) is 10.8. The van der Waals surface area contributed by atoms with Gasteiger partial charge in [-0.15, -0.1) is 0 Å². The van der Waals surface area contributed by atoms with Crippen molar-refractivity contribution in [2.24, 2.45) is 5.10 Å². The normalized spacial score (nSPS) is 14.0. The van der Waals surface area contributed by atoms with Crippen molar-refractivity contribution >= 4 is 29.2 Å². The molecule has 1 heterocycles. The summed E-state index contributed by atoms with van der Waals surface area (Å²) in [5.41, 5.74) is 8.87. The van der Waals surface area contributed by atoms with Crippen molar-refractivity contribution in [3.8, 4) is 5.75 Å². The molecule has 1 N–H and O–H groups in total. The summed E-state index contributed by atoms with van der Waals surface area (Å²) in [4.78, 5) is 32.0. The SMILES string of the molecule is CN(C)c1ccc(CN2CCN(Cc3ccc(N(C)C)cc3)C2c2ccc(OCC(=O)NN=Cc3cccc([N+](=O)[O-])c3)cc2)cc1. The molecule has 11 heteroatoms. The maximum Gasteiger partial charge on any atom is 0.277 e. The molecule has 0 spiro atoms. The number of benzene rings is 4. The fraction of sp³-hybridized carbons (Fsp3) is 0.278. The lowest BCUT2D eigenvalue weighted by Crippen LogP contribution is -2.30. The lowest BCUT2D eigenvalue weighted by molar-refractivity contribution is -0.384. The van der Waals surface area contributed by atoms with Crippen LogP contribution >= 0.6 is 0 Å². The van der Waals surface area contributed by atoms with Crippen molar-refractivity contribution in [1.29, 1.82) is 0 Å². The average Bonchev–Trinajstić information content (AvgIpc) is 3.46. The summed E-state index contributed by atoms with van der Waals surface area (Å²) in [5.74, 6) is 0.130. The highest BCUT2D eigenvalue weighted by Crippen LogP contribution is 2.34. The Hall–Kier alpha value is -5.26. The summed E-state index contributed by atoms with van der Waals surface area (Å²) in [7, 11) is 8.19. The van der Waals surface area contributed by atoms with Crippen molar-refractivity contribution in [3.63, 3.8) is 0 Å². The molecule has 1 aliphatic heterocycles. The third kappa shape index (κ3) is 8.93. The van der Waals surface area contributed by atoms with E-state index in [-0.39, 0.29) is 18.5 Å². The van der Waals surface area contributed by atoms with Crippen LogP contribution in [0.3, 0.4) is 0 Å². The minimum atomic E-state index is -0.481. The lowest BCUT2D eigenvalue weighted by Gasteiger charge is -2.31. The number of amides is 1. The van der Waals surface area contributed by atoms with Gasteiger partial charge in [-0.25, -0.2) is 5.43 Å². The monoisotopic (exact) mass is 635 g/mol. The molecule has 1 fully saturated rings. The van der Waals surface area contributed by atoms with E-state index in [0.29, 0.717) is 11.3 Å². The van der Waals surface area contributed by atoms with Crippen molar-refractivity contribution in [1.82, 2.24) is 15.2 Å². The van der Waals surface area contributed by atoms with Gasteiger partial charge in [0.2, 0.25) is 0 Å². The highest BCUT2D eigenvalue weighted by Gasteiger charge is 2.33. The summed E-state index contributed by atoms with van der Waals surface area (Å²) in [6.07, 6.45) is 1.42. The fourth-order valence-corrected chi connectivity index (χ4v) is 5.57. The van der Waals surface area contributed by atoms with Crippen LogP contribution in [0.5, 0.6) is 5.75 Å². The van der Waals surface area contributed by atoms with Crippen molar-refractivity contribution in [2.75, 3.05) is 57.7 Å². The van der Waals surface area contributed by atoms with E-state index in [0.717, 1.165) is 31.7 Å². The summed E-state index contributed by atoms with van der Waals surface area (Å²) in [6.45, 7) is 3.29. The zero-order valence-electron chi connectivity index (χ0n) is 27.2. The number of ether oxygens (including phenoxy) is 1. The third-order valence-electron chi connectivity index (χ3n) is 8.08. The molecule has 4 aromatic carbocycles. The predicted molar refractivity (Wildman–Crippen MR) is 186 cm³/mol. The molecule has 0 radical (unpaired) electrons. The van der Waals surface area contributed by atoms with Gasteiger partial charge in [-0.2, -0.15) is 5.10 Å². The highest BCUT2D eigenvalue weighted by molar-refractivity contribution is 5.83. The number of nitro groups is 1. The number of nitrogens with one attached hydrogen (secondary N) is 1. The summed E-state index contributed by atoms with van der Waals surface area (Å²) in [5, 5.41) is 14.8. The van der Waals surface area contributed by atoms with Crippen LogP contribution in [0.25, 0.3) is 0 Å². The van der Waals surface area contributed by atoms with Crippen LogP contribution in [0, 0.1) is 10.1 Å². The van der Waals surface area contributed by atoms with Crippen molar-refractivity contribution < 1.29 is 14.5 Å². The van der Waals surface area contributed by atoms with E-state index < -0.39 is 10.8 Å². The first kappa shape index (κ1) is 33.1. The van der Waals surface area contributed by atoms with Gasteiger partial charge >= 0.3 is 0 Å². The van der Waals surface area contributed by atoms with E-state index in [9.17, 15) is 14.9 Å². The van der Waals surface area contributed by atoms with Gasteiger partial charge in [0.25, 0.3) is 11.6 Å². The number of hydrogen-bond acceptors (Lipinski definition) is 9. The number of carbonyl (C=O) groups excluding carboxylic acids is 1. The molecule has 47 heavy (non-hydrogen) atoms. The van der Waals surface area contributed by atoms with Crippen molar-refractivity contribution in [2.45, 2.75) is 19.3 Å². The van der Waals surface area contributed by atoms with E-state index in [1.807, 2.05) is 40.3 Å². The van der Waals surface area contributed by atoms with Gasteiger partial charge in [-0.1, -0.05) is 48.5 Å². The van der Waals surface area contributed by atoms with Gasteiger partial charge in [0, 0.05) is 83.4 Å². The standard InChI is InChI=1S/C36H41N7O4/c1-39(2)31-14-8-27(9-15-31)24-41-20-21-42(25-28-10-16-32(17-11-28)40(3)4)36(41)30-12-18-34(19-13-30)47-26-35(44)38-37-23-29-6-5-7-33(22-29)43(45)46/h5-19,22-23,36H,20-21,24-26H2,1-4H3,(H,38,44). The number of non-ortho nitro benzene ring substituents is 1. The van der Waals surface area contributed by atoms with Crippen LogP contribution in [0.15, 0.2) is 102 Å². The zero-order valence-corrected chi connectivity index (χ0v) is 27.2. The maximum absolute atomic E-state index is 12.3. The van der Waals surface area contributed by atoms with Gasteiger partial charge in [0.15, 0.2) is 6.61 Å². The van der Waals surface area contributed by atoms with Gasteiger partial charge in [0.05, 0.1) is 17.3 Å². The Morgan fingerprint density at radius 2 is 1.43 bits per heavy atom. The lowest BCUT2D eigenvalue weighted by atomic mass is 10.1. The zero-order chi connectivity index (χ0) is 33.3. The van der Waals surface area contributed by atoms with Crippen LogP contribution in [0.1, 0.15) is 28.4 Å². The van der Waals surface area contributed by atoms with E-state index in [4.69, 9.17) is 4.74 Å². The molecule has 0 aliphatic carbocycles. The van der Waals surface area contributed by atoms with E-state index >= 15 is 0 Å². The number of nitrogens with zero attached hydrogens (tertiary/aromatic N) is 6. The smallest absolute Gasteiger partial charge is 0.277 e. The Labute approximate surface area is 275 Å². The molecule has 0 atom stereocenters. The Bertz CT molecular complexity index is 1610. The number of hydrazone groups is 1. The second-order valence-corrected chi connectivity index (χ2v) is 11.9. The Morgan fingerprint density at radius 3 is 1.94 bits per heavy atom. The van der Waals surface area contributed by atoms with Crippen LogP contribution < -0.4 is 20.0 Å². The molecule has 1 aliphatic rings. The second kappa shape index (κ2) is 15.4. The first-order valence-electron chi connectivity index (χ1n) is 15.5. The molecule has 0 saturated carbocycles. The van der Waals surface area contributed by atoms with Gasteiger partial charge in [-0.05, 0) is 53.1 Å². The van der Waals surface area contributed by atoms with E-state index in [1.54, 1.807) is 12.1 Å². The minimum Gasteiger partial charge on any atom is -0.484 e. The fourth-order valence-electron chi connectivity index (χ4n) is 5.57. The van der Waals surface area contributed by atoms with Crippen LogP contribution in [0.2, 0.25) is 0 Å². The Balaban J connectivity index is 1.24. The summed E-state index contributed by atoms with van der Waals surface area (Å²) >= 11 is 0. The number of nitro benzene ring substituents is 1. The van der Waals surface area contributed by atoms with E-state index in [1.165, 1.54) is 40.8 Å². The van der Waals surface area contributed by atoms with Crippen LogP contribution in [-0.2, 0) is 17.9 Å². The summed E-state index contributed by atoms with van der Waals surface area (Å²) in [6, 6.07) is 31.3. The van der Waals surface area contributed by atoms with Crippen molar-refractivity contribution in [3.05, 3.63) is 129 Å². The van der Waals surface area contributed by atoms with Gasteiger partial charge in [-0.3, -0.25) is 24.7 Å². The third-order valence-corrected chi connectivity index (χ3v) is 8.08. The molecule has 0 unspecified atom stereocenters. The Morgan fingerprint density at radius 1 is 0.872 bits per heavy atom. The van der Waals surface area contributed by atoms with E-state index in [2.05, 4.69) is 90.8 Å². The second-order valence-electron chi connectivity index (χ2n) is 11.9. The number of hydrogen-bond donors (Lipinski definition) is 1. The average molecular weight is 636 g/mol. The largest absolute Gasteiger partial charge is 0.484 e. The highest BCUT2D eigenvalue weighted by atomic mass is 16.6. The predicted octanol–water partition coefficient (Wildman–Crippen LogP) is 5.27. The number of carbonyl (C=O) groups is 1. The molecule has 11 nitrogen and oxygen atoms in total. The minimum absolute atomic E-state index is 0.0479. The topological polar surface area (TPSA) is 107 Å². The van der Waals surface area contributed by atoms with Crippen LogP contribution in [0.4, 0.5) is 17.1 Å². The maximum atomic E-state index is 12.3. The molecule has 244 valence electrons. The quantitative estimate of drug-likeness (QED) is 0.120. The summed E-state index contributed by atoms with van der Waals surface area (Å²) < 4.78 is 5.73. The molecule has 0 bridgehead atoms. The first-order chi connectivity index (χ1) is 22.7. The first-order valence-corrected chi connectivity index (χ1v) is 15.5.